The minimum atomic E-state index is 0.106. The lowest BCUT2D eigenvalue weighted by atomic mass is 10.2. The molecule has 17 heavy (non-hydrogen) atoms. The van der Waals surface area contributed by atoms with Gasteiger partial charge in [-0.2, -0.15) is 0 Å². The Labute approximate surface area is 101 Å². The molecule has 0 aliphatic heterocycles. The summed E-state index contributed by atoms with van der Waals surface area (Å²) in [6.07, 6.45) is 0.558. The summed E-state index contributed by atoms with van der Waals surface area (Å²) in [7, 11) is 0. The van der Waals surface area contributed by atoms with Crippen molar-refractivity contribution < 1.29 is 9.84 Å². The van der Waals surface area contributed by atoms with Gasteiger partial charge in [0.05, 0.1) is 0 Å². The van der Waals surface area contributed by atoms with E-state index in [-0.39, 0.29) is 6.61 Å². The second-order valence-corrected chi connectivity index (χ2v) is 3.72. The van der Waals surface area contributed by atoms with E-state index >= 15 is 0 Å². The number of benzene rings is 1. The van der Waals surface area contributed by atoms with Crippen molar-refractivity contribution in [2.75, 3.05) is 6.61 Å². The third-order valence-corrected chi connectivity index (χ3v) is 2.38. The molecule has 3 heteroatoms. The van der Waals surface area contributed by atoms with Crippen molar-refractivity contribution in [2.45, 2.75) is 13.0 Å². The molecule has 0 aliphatic rings. The van der Waals surface area contributed by atoms with Crippen LogP contribution in [0.2, 0.25) is 0 Å². The van der Waals surface area contributed by atoms with Crippen LogP contribution < -0.4 is 4.74 Å². The zero-order chi connectivity index (χ0) is 11.9. The molecule has 3 nitrogen and oxygen atoms in total. The molecule has 0 atom stereocenters. The highest BCUT2D eigenvalue weighted by molar-refractivity contribution is 5.18. The van der Waals surface area contributed by atoms with Crippen LogP contribution in [0.3, 0.4) is 0 Å². The molecule has 0 radical (unpaired) electrons. The normalized spacial score (nSPS) is 10.2. The number of aliphatic hydroxyl groups is 1. The van der Waals surface area contributed by atoms with E-state index in [9.17, 15) is 0 Å². The van der Waals surface area contributed by atoms with E-state index in [1.54, 1.807) is 0 Å². The van der Waals surface area contributed by atoms with Crippen LogP contribution in [0.1, 0.15) is 11.3 Å². The van der Waals surface area contributed by atoms with E-state index in [1.807, 2.05) is 48.5 Å². The topological polar surface area (TPSA) is 42.4 Å². The number of rotatable bonds is 5. The first-order valence-corrected chi connectivity index (χ1v) is 5.62. The summed E-state index contributed by atoms with van der Waals surface area (Å²) in [6, 6.07) is 15.6. The Hall–Kier alpha value is -1.87. The Bertz CT molecular complexity index is 457. The van der Waals surface area contributed by atoms with Gasteiger partial charge in [-0.3, -0.25) is 0 Å². The molecule has 1 aromatic carbocycles. The summed E-state index contributed by atoms with van der Waals surface area (Å²) in [5.74, 6) is 0.597. The van der Waals surface area contributed by atoms with Crippen molar-refractivity contribution in [1.82, 2.24) is 4.98 Å². The van der Waals surface area contributed by atoms with Crippen LogP contribution in [0.4, 0.5) is 0 Å². The maximum atomic E-state index is 8.84. The van der Waals surface area contributed by atoms with Crippen LogP contribution in [0, 0.1) is 0 Å². The third kappa shape index (κ3) is 3.57. The molecule has 1 N–H and O–H groups in total. The number of nitrogens with zero attached hydrogens (tertiary/aromatic N) is 1. The average Bonchev–Trinajstić information content (AvgIpc) is 2.39. The fraction of sp³-hybridized carbons (Fsp3) is 0.214. The molecule has 0 saturated carbocycles. The van der Waals surface area contributed by atoms with Gasteiger partial charge < -0.3 is 9.84 Å². The van der Waals surface area contributed by atoms with E-state index in [4.69, 9.17) is 9.84 Å². The van der Waals surface area contributed by atoms with Crippen LogP contribution in [-0.2, 0) is 13.0 Å². The summed E-state index contributed by atoms with van der Waals surface area (Å²) in [5, 5.41) is 8.84. The zero-order valence-corrected chi connectivity index (χ0v) is 9.54. The van der Waals surface area contributed by atoms with Gasteiger partial charge in [0, 0.05) is 24.8 Å². The van der Waals surface area contributed by atoms with Gasteiger partial charge >= 0.3 is 0 Å². The first-order valence-electron chi connectivity index (χ1n) is 5.62. The van der Waals surface area contributed by atoms with Crippen LogP contribution in [0.5, 0.6) is 5.88 Å². The lowest BCUT2D eigenvalue weighted by molar-refractivity contribution is 0.286. The highest BCUT2D eigenvalue weighted by Crippen LogP contribution is 2.10. The second-order valence-electron chi connectivity index (χ2n) is 3.72. The Morgan fingerprint density at radius 1 is 1.00 bits per heavy atom. The molecule has 0 unspecified atom stereocenters. The van der Waals surface area contributed by atoms with E-state index < -0.39 is 0 Å². The molecular formula is C14H15NO2. The predicted molar refractivity (Wildman–Crippen MR) is 65.8 cm³/mol. The van der Waals surface area contributed by atoms with Gasteiger partial charge in [-0.1, -0.05) is 36.4 Å². The molecule has 0 spiro atoms. The Balaban J connectivity index is 1.97. The molecular weight excluding hydrogens is 214 g/mol. The van der Waals surface area contributed by atoms with Crippen LogP contribution in [-0.4, -0.2) is 16.7 Å². The second kappa shape index (κ2) is 6.01. The van der Waals surface area contributed by atoms with Gasteiger partial charge in [-0.05, 0) is 11.6 Å². The highest BCUT2D eigenvalue weighted by atomic mass is 16.5. The van der Waals surface area contributed by atoms with Gasteiger partial charge in [-0.25, -0.2) is 4.98 Å². The maximum Gasteiger partial charge on any atom is 0.213 e. The monoisotopic (exact) mass is 229 g/mol. The number of ether oxygens (including phenoxy) is 1. The molecule has 0 fully saturated rings. The first kappa shape index (κ1) is 11.6. The molecule has 0 aliphatic carbocycles. The van der Waals surface area contributed by atoms with Crippen molar-refractivity contribution in [3.8, 4) is 5.88 Å². The first-order chi connectivity index (χ1) is 8.38. The fourth-order valence-electron chi connectivity index (χ4n) is 1.52. The van der Waals surface area contributed by atoms with Crippen LogP contribution >= 0.6 is 0 Å². The van der Waals surface area contributed by atoms with E-state index in [0.29, 0.717) is 18.9 Å². The average molecular weight is 229 g/mol. The lowest BCUT2D eigenvalue weighted by Crippen LogP contribution is -2.00. The standard InChI is InChI=1S/C14H15NO2/c16-10-9-13-7-4-8-14(15-13)17-11-12-5-2-1-3-6-12/h1-8,16H,9-11H2. The molecule has 2 rings (SSSR count). The number of aliphatic hydroxyl groups excluding tert-OH is 1. The number of pyridine rings is 1. The van der Waals surface area contributed by atoms with Gasteiger partial charge in [0.25, 0.3) is 0 Å². The quantitative estimate of drug-likeness (QED) is 0.854. The van der Waals surface area contributed by atoms with E-state index in [2.05, 4.69) is 4.98 Å². The van der Waals surface area contributed by atoms with Crippen LogP contribution in [0.25, 0.3) is 0 Å². The molecule has 1 heterocycles. The van der Waals surface area contributed by atoms with Gasteiger partial charge in [0.2, 0.25) is 5.88 Å². The van der Waals surface area contributed by atoms with E-state index in [0.717, 1.165) is 11.3 Å². The lowest BCUT2D eigenvalue weighted by Gasteiger charge is -2.06. The van der Waals surface area contributed by atoms with Gasteiger partial charge in [-0.15, -0.1) is 0 Å². The SMILES string of the molecule is OCCc1cccc(OCc2ccccc2)n1. The van der Waals surface area contributed by atoms with E-state index in [1.165, 1.54) is 0 Å². The Morgan fingerprint density at radius 2 is 1.82 bits per heavy atom. The predicted octanol–water partition coefficient (Wildman–Crippen LogP) is 2.20. The summed E-state index contributed by atoms with van der Waals surface area (Å²) in [6.45, 7) is 0.617. The van der Waals surface area contributed by atoms with Crippen molar-refractivity contribution in [1.29, 1.82) is 0 Å². The molecule has 2 aromatic rings. The number of hydrogen-bond donors (Lipinski definition) is 1. The van der Waals surface area contributed by atoms with Crippen molar-refractivity contribution in [3.05, 3.63) is 59.8 Å². The summed E-state index contributed by atoms with van der Waals surface area (Å²) < 4.78 is 5.59. The Morgan fingerprint density at radius 3 is 2.59 bits per heavy atom. The summed E-state index contributed by atoms with van der Waals surface area (Å²) >= 11 is 0. The molecule has 0 bridgehead atoms. The third-order valence-electron chi connectivity index (χ3n) is 2.38. The minimum Gasteiger partial charge on any atom is -0.473 e. The van der Waals surface area contributed by atoms with Crippen molar-refractivity contribution >= 4 is 0 Å². The smallest absolute Gasteiger partial charge is 0.213 e. The summed E-state index contributed by atoms with van der Waals surface area (Å²) in [4.78, 5) is 4.30. The van der Waals surface area contributed by atoms with Crippen molar-refractivity contribution in [3.63, 3.8) is 0 Å². The molecule has 88 valence electrons. The minimum absolute atomic E-state index is 0.106. The molecule has 0 saturated heterocycles. The molecule has 1 aromatic heterocycles. The van der Waals surface area contributed by atoms with Gasteiger partial charge in [0.15, 0.2) is 0 Å². The summed E-state index contributed by atoms with van der Waals surface area (Å²) in [5.41, 5.74) is 1.96. The number of aromatic nitrogens is 1. The molecule has 0 amide bonds. The van der Waals surface area contributed by atoms with Crippen LogP contribution in [0.15, 0.2) is 48.5 Å². The highest BCUT2D eigenvalue weighted by Gasteiger charge is 1.99. The Kier molecular flexibility index (Phi) is 4.11. The zero-order valence-electron chi connectivity index (χ0n) is 9.54. The van der Waals surface area contributed by atoms with Gasteiger partial charge in [0.1, 0.15) is 6.61 Å². The largest absolute Gasteiger partial charge is 0.473 e. The van der Waals surface area contributed by atoms with Crippen molar-refractivity contribution in [2.24, 2.45) is 0 Å². The fourth-order valence-corrected chi connectivity index (χ4v) is 1.52. The maximum absolute atomic E-state index is 8.84. The number of hydrogen-bond acceptors (Lipinski definition) is 3.